The first-order valence-corrected chi connectivity index (χ1v) is 25.6. The number of carbonyl (C=O) groups excluding carboxylic acids is 2. The molecular formula is C46H63N7O5Si. The third-order valence-electron chi connectivity index (χ3n) is 12.7. The topological polar surface area (TPSA) is 106 Å². The van der Waals surface area contributed by atoms with Crippen LogP contribution in [0.25, 0.3) is 22.2 Å². The van der Waals surface area contributed by atoms with Crippen molar-refractivity contribution in [3.63, 3.8) is 0 Å². The Labute approximate surface area is 350 Å². The van der Waals surface area contributed by atoms with Crippen molar-refractivity contribution in [3.05, 3.63) is 72.4 Å². The molecule has 59 heavy (non-hydrogen) atoms. The average molecular weight is 822 g/mol. The van der Waals surface area contributed by atoms with E-state index in [-0.39, 0.29) is 17.6 Å². The van der Waals surface area contributed by atoms with Gasteiger partial charge in [-0.05, 0) is 93.3 Å². The summed E-state index contributed by atoms with van der Waals surface area (Å²) in [6.07, 6.45) is 7.52. The smallest absolute Gasteiger partial charge is 0.410 e. The molecule has 316 valence electrons. The maximum atomic E-state index is 13.8. The summed E-state index contributed by atoms with van der Waals surface area (Å²) in [5, 5.41) is 6.16. The zero-order valence-electron chi connectivity index (χ0n) is 35.6. The molecular weight excluding hydrogens is 759 g/mol. The fraction of sp³-hybridized carbons (Fsp3) is 0.565. The molecule has 2 amide bonds. The molecule has 2 aromatic heterocycles. The fourth-order valence-electron chi connectivity index (χ4n) is 8.60. The first-order chi connectivity index (χ1) is 28.5. The van der Waals surface area contributed by atoms with Crippen LogP contribution in [0.3, 0.4) is 0 Å². The first kappa shape index (κ1) is 41.3. The minimum Gasteiger partial charge on any atom is -0.488 e. The Balaban J connectivity index is 0.816. The van der Waals surface area contributed by atoms with E-state index in [0.717, 1.165) is 136 Å². The molecule has 1 saturated carbocycles. The molecule has 0 spiro atoms. The molecule has 4 aliphatic rings. The summed E-state index contributed by atoms with van der Waals surface area (Å²) in [4.78, 5) is 39.9. The molecule has 2 aromatic carbocycles. The Hall–Kier alpha value is -4.46. The summed E-state index contributed by atoms with van der Waals surface area (Å²) in [6, 6.07) is 21.4. The van der Waals surface area contributed by atoms with Crippen LogP contribution in [0.2, 0.25) is 25.7 Å². The molecule has 3 aliphatic heterocycles. The minimum atomic E-state index is -1.20. The number of piperidine rings is 2. The van der Waals surface area contributed by atoms with Crippen molar-refractivity contribution in [1.29, 1.82) is 0 Å². The van der Waals surface area contributed by atoms with E-state index in [1.807, 2.05) is 52.2 Å². The highest BCUT2D eigenvalue weighted by Gasteiger charge is 2.40. The van der Waals surface area contributed by atoms with E-state index >= 15 is 0 Å². The number of nitrogens with zero attached hydrogens (tertiary/aromatic N) is 7. The Morgan fingerprint density at radius 1 is 0.847 bits per heavy atom. The predicted octanol–water partition coefficient (Wildman–Crippen LogP) is 7.75. The lowest BCUT2D eigenvalue weighted by Gasteiger charge is -2.40. The fourth-order valence-corrected chi connectivity index (χ4v) is 9.36. The normalized spacial score (nSPS) is 19.3. The number of hydrogen-bond acceptors (Lipinski definition) is 9. The van der Waals surface area contributed by atoms with Gasteiger partial charge in [-0.15, -0.1) is 0 Å². The molecule has 3 saturated heterocycles. The summed E-state index contributed by atoms with van der Waals surface area (Å²) < 4.78 is 20.1. The van der Waals surface area contributed by atoms with Crippen molar-refractivity contribution in [2.45, 2.75) is 90.1 Å². The largest absolute Gasteiger partial charge is 0.488 e. The number of hydrogen-bond donors (Lipinski definition) is 0. The molecule has 8 rings (SSSR count). The van der Waals surface area contributed by atoms with E-state index in [2.05, 4.69) is 65.5 Å². The molecule has 0 unspecified atom stereocenters. The molecule has 0 atom stereocenters. The molecule has 12 nitrogen and oxygen atoms in total. The molecule has 0 radical (unpaired) electrons. The highest BCUT2D eigenvalue weighted by Crippen LogP contribution is 2.41. The number of amides is 2. The number of carbonyl (C=O) groups is 2. The van der Waals surface area contributed by atoms with Crippen LogP contribution in [-0.2, 0) is 27.6 Å². The maximum absolute atomic E-state index is 13.8. The first-order valence-electron chi connectivity index (χ1n) is 21.9. The quantitative estimate of drug-likeness (QED) is 0.0933. The predicted molar refractivity (Wildman–Crippen MR) is 234 cm³/mol. The number of pyridine rings is 1. The van der Waals surface area contributed by atoms with Crippen molar-refractivity contribution >= 4 is 36.8 Å². The number of fused-ring (bicyclic) bond motifs is 1. The zero-order chi connectivity index (χ0) is 41.0. The number of likely N-dealkylation sites (tertiary alicyclic amines) is 1. The van der Waals surface area contributed by atoms with Gasteiger partial charge in [-0.1, -0.05) is 50.0 Å². The van der Waals surface area contributed by atoms with Crippen molar-refractivity contribution < 1.29 is 23.8 Å². The minimum absolute atomic E-state index is 0.0491. The highest BCUT2D eigenvalue weighted by molar-refractivity contribution is 6.76. The Morgan fingerprint density at radius 2 is 1.59 bits per heavy atom. The van der Waals surface area contributed by atoms with Gasteiger partial charge in [0, 0.05) is 96.6 Å². The lowest BCUT2D eigenvalue weighted by Crippen LogP contribution is -2.51. The third kappa shape index (κ3) is 10.7. The van der Waals surface area contributed by atoms with Crippen molar-refractivity contribution in [2.75, 3.05) is 70.4 Å². The molecule has 13 heteroatoms. The van der Waals surface area contributed by atoms with E-state index in [1.54, 1.807) is 0 Å². The summed E-state index contributed by atoms with van der Waals surface area (Å²) in [5.41, 5.74) is 3.87. The summed E-state index contributed by atoms with van der Waals surface area (Å²) in [6.45, 7) is 18.1. The van der Waals surface area contributed by atoms with Gasteiger partial charge >= 0.3 is 6.09 Å². The van der Waals surface area contributed by atoms with E-state index in [4.69, 9.17) is 24.3 Å². The van der Waals surface area contributed by atoms with Crippen LogP contribution in [0.1, 0.15) is 51.0 Å². The molecule has 0 bridgehead atoms. The van der Waals surface area contributed by atoms with Gasteiger partial charge in [0.05, 0.1) is 5.52 Å². The van der Waals surface area contributed by atoms with Gasteiger partial charge in [0.25, 0.3) is 0 Å². The SMILES string of the molecule is CC1(Oc2ccc3c(c2)c(-c2ccnc(N4CCC(C(=O)N5CCC(CN6CCN(C(=O)OCc7ccccc7)CC6)CC5)CC4)c2)nn3COCC[Si](C)(C)C)CC1. The van der Waals surface area contributed by atoms with E-state index in [9.17, 15) is 9.59 Å². The van der Waals surface area contributed by atoms with Gasteiger partial charge < -0.3 is 28.9 Å². The van der Waals surface area contributed by atoms with Crippen molar-refractivity contribution in [3.8, 4) is 17.0 Å². The number of piperazine rings is 1. The van der Waals surface area contributed by atoms with Crippen LogP contribution in [-0.4, -0.2) is 121 Å². The van der Waals surface area contributed by atoms with E-state index < -0.39 is 8.07 Å². The van der Waals surface area contributed by atoms with Crippen LogP contribution in [0.15, 0.2) is 66.9 Å². The maximum Gasteiger partial charge on any atom is 0.410 e. The van der Waals surface area contributed by atoms with Gasteiger partial charge in [-0.2, -0.15) is 5.10 Å². The molecule has 0 N–H and O–H groups in total. The average Bonchev–Trinajstić information content (AvgIpc) is 3.87. The Kier molecular flexibility index (Phi) is 12.6. The van der Waals surface area contributed by atoms with Crippen LogP contribution in [0.5, 0.6) is 5.75 Å². The van der Waals surface area contributed by atoms with Crippen LogP contribution < -0.4 is 9.64 Å². The standard InChI is InChI=1S/C46H63N7O5Si/c1-46(17-18-46)58-39-10-11-41-40(31-39)43(48-53(41)34-56-28-29-59(2,3)4)38-12-19-47-42(30-38)50-22-15-37(16-23-50)44(54)51-20-13-35(14-21-51)32-49-24-26-52(27-25-49)45(55)57-33-36-8-6-5-7-9-36/h5-12,19,30-31,35,37H,13-18,20-29,32-34H2,1-4H3. The highest BCUT2D eigenvalue weighted by atomic mass is 28.3. The molecule has 4 aromatic rings. The second-order valence-electron chi connectivity index (χ2n) is 18.7. The molecule has 4 fully saturated rings. The van der Waals surface area contributed by atoms with Gasteiger partial charge in [0.15, 0.2) is 0 Å². The van der Waals surface area contributed by atoms with Crippen LogP contribution in [0, 0.1) is 11.8 Å². The van der Waals surface area contributed by atoms with Crippen LogP contribution >= 0.6 is 0 Å². The third-order valence-corrected chi connectivity index (χ3v) is 14.4. The number of ether oxygens (including phenoxy) is 3. The summed E-state index contributed by atoms with van der Waals surface area (Å²) in [7, 11) is -1.20. The Bertz CT molecular complexity index is 2040. The van der Waals surface area contributed by atoms with Crippen molar-refractivity contribution in [2.24, 2.45) is 11.8 Å². The lowest BCUT2D eigenvalue weighted by atomic mass is 9.91. The van der Waals surface area contributed by atoms with E-state index in [0.29, 0.717) is 38.3 Å². The van der Waals surface area contributed by atoms with Gasteiger partial charge in [0.2, 0.25) is 5.91 Å². The molecule has 1 aliphatic carbocycles. The number of benzene rings is 2. The number of anilines is 1. The second-order valence-corrected chi connectivity index (χ2v) is 24.3. The Morgan fingerprint density at radius 3 is 2.31 bits per heavy atom. The van der Waals surface area contributed by atoms with Gasteiger partial charge in [0.1, 0.15) is 36.2 Å². The second kappa shape index (κ2) is 18.0. The zero-order valence-corrected chi connectivity index (χ0v) is 36.6. The number of aromatic nitrogens is 3. The van der Waals surface area contributed by atoms with Gasteiger partial charge in [-0.3, -0.25) is 9.69 Å². The van der Waals surface area contributed by atoms with E-state index in [1.165, 1.54) is 0 Å². The summed E-state index contributed by atoms with van der Waals surface area (Å²) >= 11 is 0. The van der Waals surface area contributed by atoms with Gasteiger partial charge in [-0.25, -0.2) is 14.5 Å². The lowest BCUT2D eigenvalue weighted by molar-refractivity contribution is -0.137. The monoisotopic (exact) mass is 821 g/mol. The molecule has 5 heterocycles. The van der Waals surface area contributed by atoms with Crippen molar-refractivity contribution in [1.82, 2.24) is 29.5 Å². The van der Waals surface area contributed by atoms with Crippen LogP contribution in [0.4, 0.5) is 10.6 Å². The summed E-state index contributed by atoms with van der Waals surface area (Å²) in [5.74, 6) is 2.73. The number of rotatable bonds is 14.